The van der Waals surface area contributed by atoms with Crippen LogP contribution in [0.5, 0.6) is 0 Å². The van der Waals surface area contributed by atoms with Gasteiger partial charge in [-0.05, 0) is 42.5 Å². The number of carbonyl (C=O) groups is 1. The average Bonchev–Trinajstić information content (AvgIpc) is 2.85. The molecule has 2 aromatic rings. The van der Waals surface area contributed by atoms with Crippen molar-refractivity contribution in [2.75, 3.05) is 6.54 Å². The first-order valence-corrected chi connectivity index (χ1v) is 7.54. The number of amides is 1. The molecule has 0 saturated carbocycles. The highest BCUT2D eigenvalue weighted by atomic mass is 16.2. The van der Waals surface area contributed by atoms with E-state index in [4.69, 9.17) is 0 Å². The number of hydrogen-bond acceptors (Lipinski definition) is 1. The Kier molecular flexibility index (Phi) is 3.78. The molecule has 1 saturated heterocycles. The zero-order valence-electron chi connectivity index (χ0n) is 12.6. The van der Waals surface area contributed by atoms with Crippen molar-refractivity contribution in [3.8, 4) is 0 Å². The highest BCUT2D eigenvalue weighted by Crippen LogP contribution is 2.32. The van der Waals surface area contributed by atoms with Crippen molar-refractivity contribution in [3.63, 3.8) is 0 Å². The number of rotatable bonds is 3. The molecule has 3 rings (SSSR count). The Morgan fingerprint density at radius 2 is 1.81 bits per heavy atom. The Bertz CT molecular complexity index is 648. The zero-order valence-corrected chi connectivity index (χ0v) is 12.6. The lowest BCUT2D eigenvalue weighted by molar-refractivity contribution is -0.122. The second-order valence-corrected chi connectivity index (χ2v) is 5.99. The third-order valence-electron chi connectivity index (χ3n) is 4.58. The molecule has 1 fully saturated rings. The molecule has 108 valence electrons. The molecular weight excluding hydrogens is 258 g/mol. The Morgan fingerprint density at radius 3 is 2.52 bits per heavy atom. The van der Waals surface area contributed by atoms with E-state index in [0.29, 0.717) is 0 Å². The molecule has 0 aliphatic carbocycles. The molecule has 0 bridgehead atoms. The second-order valence-electron chi connectivity index (χ2n) is 5.99. The van der Waals surface area contributed by atoms with Gasteiger partial charge < -0.3 is 5.32 Å². The van der Waals surface area contributed by atoms with E-state index in [2.05, 4.69) is 49.5 Å². The summed E-state index contributed by atoms with van der Waals surface area (Å²) in [5.74, 6) is 0.494. The zero-order chi connectivity index (χ0) is 14.8. The smallest absolute Gasteiger partial charge is 0.224 e. The molecule has 2 unspecified atom stereocenters. The van der Waals surface area contributed by atoms with Crippen molar-refractivity contribution in [3.05, 3.63) is 70.8 Å². The Morgan fingerprint density at radius 1 is 1.05 bits per heavy atom. The van der Waals surface area contributed by atoms with Gasteiger partial charge in [0, 0.05) is 12.5 Å². The SMILES string of the molecule is Cc1ccc(C2CNC(=O)C2Cc2ccccc2)cc1C. The van der Waals surface area contributed by atoms with Crippen LogP contribution >= 0.6 is 0 Å². The molecule has 1 aliphatic heterocycles. The van der Waals surface area contributed by atoms with Crippen molar-refractivity contribution in [1.29, 1.82) is 0 Å². The molecule has 2 aromatic carbocycles. The summed E-state index contributed by atoms with van der Waals surface area (Å²) in [6.07, 6.45) is 0.810. The van der Waals surface area contributed by atoms with Gasteiger partial charge in [0.1, 0.15) is 0 Å². The van der Waals surface area contributed by atoms with Gasteiger partial charge in [0.05, 0.1) is 5.92 Å². The van der Waals surface area contributed by atoms with E-state index in [1.807, 2.05) is 18.2 Å². The number of nitrogens with one attached hydrogen (secondary N) is 1. The van der Waals surface area contributed by atoms with Gasteiger partial charge >= 0.3 is 0 Å². The molecule has 1 N–H and O–H groups in total. The quantitative estimate of drug-likeness (QED) is 0.917. The van der Waals surface area contributed by atoms with Gasteiger partial charge in [-0.2, -0.15) is 0 Å². The number of aryl methyl sites for hydroxylation is 2. The standard InChI is InChI=1S/C19H21NO/c1-13-8-9-16(10-14(13)2)18-12-20-19(21)17(18)11-15-6-4-3-5-7-15/h3-10,17-18H,11-12H2,1-2H3,(H,20,21). The summed E-state index contributed by atoms with van der Waals surface area (Å²) in [6, 6.07) is 16.8. The molecule has 0 aromatic heterocycles. The summed E-state index contributed by atoms with van der Waals surface area (Å²) in [4.78, 5) is 12.2. The van der Waals surface area contributed by atoms with E-state index in [0.717, 1.165) is 13.0 Å². The van der Waals surface area contributed by atoms with Crippen molar-refractivity contribution in [2.24, 2.45) is 5.92 Å². The van der Waals surface area contributed by atoms with Crippen LogP contribution in [0.3, 0.4) is 0 Å². The number of benzene rings is 2. The van der Waals surface area contributed by atoms with Crippen LogP contribution in [0.1, 0.15) is 28.2 Å². The van der Waals surface area contributed by atoms with Crippen LogP contribution in [0.25, 0.3) is 0 Å². The highest BCUT2D eigenvalue weighted by Gasteiger charge is 2.35. The molecule has 1 amide bonds. The molecule has 2 heteroatoms. The predicted octanol–water partition coefficient (Wildman–Crippen LogP) is 3.38. The molecule has 2 nitrogen and oxygen atoms in total. The summed E-state index contributed by atoms with van der Waals surface area (Å²) in [5.41, 5.74) is 5.10. The fraction of sp³-hybridized carbons (Fsp3) is 0.316. The van der Waals surface area contributed by atoms with E-state index in [9.17, 15) is 4.79 Å². The molecule has 21 heavy (non-hydrogen) atoms. The number of carbonyl (C=O) groups excluding carboxylic acids is 1. The van der Waals surface area contributed by atoms with Crippen LogP contribution in [0, 0.1) is 19.8 Å². The van der Waals surface area contributed by atoms with E-state index in [-0.39, 0.29) is 17.7 Å². The van der Waals surface area contributed by atoms with Crippen molar-refractivity contribution >= 4 is 5.91 Å². The first-order chi connectivity index (χ1) is 10.1. The third-order valence-corrected chi connectivity index (χ3v) is 4.58. The summed E-state index contributed by atoms with van der Waals surface area (Å²) >= 11 is 0. The van der Waals surface area contributed by atoms with Crippen LogP contribution in [0.4, 0.5) is 0 Å². The summed E-state index contributed by atoms with van der Waals surface area (Å²) in [7, 11) is 0. The first-order valence-electron chi connectivity index (χ1n) is 7.54. The fourth-order valence-corrected chi connectivity index (χ4v) is 3.12. The van der Waals surface area contributed by atoms with E-state index < -0.39 is 0 Å². The predicted molar refractivity (Wildman–Crippen MR) is 85.3 cm³/mol. The minimum absolute atomic E-state index is 0.0366. The van der Waals surface area contributed by atoms with Crippen LogP contribution < -0.4 is 5.32 Å². The lowest BCUT2D eigenvalue weighted by Crippen LogP contribution is -2.21. The van der Waals surface area contributed by atoms with Crippen LogP contribution in [-0.4, -0.2) is 12.5 Å². The third kappa shape index (κ3) is 2.85. The number of hydrogen-bond donors (Lipinski definition) is 1. The summed E-state index contributed by atoms with van der Waals surface area (Å²) in [5, 5.41) is 3.03. The molecular formula is C19H21NO. The largest absolute Gasteiger partial charge is 0.355 e. The maximum Gasteiger partial charge on any atom is 0.224 e. The molecule has 2 atom stereocenters. The minimum Gasteiger partial charge on any atom is -0.355 e. The average molecular weight is 279 g/mol. The molecule has 1 heterocycles. The normalized spacial score (nSPS) is 21.3. The summed E-state index contributed by atoms with van der Waals surface area (Å²) < 4.78 is 0. The van der Waals surface area contributed by atoms with Crippen LogP contribution in [0.15, 0.2) is 48.5 Å². The maximum absolute atomic E-state index is 12.2. The van der Waals surface area contributed by atoms with E-state index in [1.165, 1.54) is 22.3 Å². The lowest BCUT2D eigenvalue weighted by Gasteiger charge is -2.18. The van der Waals surface area contributed by atoms with Gasteiger partial charge in [0.25, 0.3) is 0 Å². The second kappa shape index (κ2) is 5.72. The van der Waals surface area contributed by atoms with Gasteiger partial charge in [0.2, 0.25) is 5.91 Å². The van der Waals surface area contributed by atoms with E-state index >= 15 is 0 Å². The summed E-state index contributed by atoms with van der Waals surface area (Å²) in [6.45, 7) is 5.01. The van der Waals surface area contributed by atoms with Gasteiger partial charge in [0.15, 0.2) is 0 Å². The minimum atomic E-state index is 0.0366. The van der Waals surface area contributed by atoms with Gasteiger partial charge in [-0.15, -0.1) is 0 Å². The van der Waals surface area contributed by atoms with Crippen molar-refractivity contribution < 1.29 is 4.79 Å². The van der Waals surface area contributed by atoms with Gasteiger partial charge in [-0.1, -0.05) is 48.5 Å². The van der Waals surface area contributed by atoms with Crippen LogP contribution in [0.2, 0.25) is 0 Å². The molecule has 0 spiro atoms. The lowest BCUT2D eigenvalue weighted by atomic mass is 9.83. The highest BCUT2D eigenvalue weighted by molar-refractivity contribution is 5.82. The topological polar surface area (TPSA) is 29.1 Å². The van der Waals surface area contributed by atoms with Gasteiger partial charge in [-0.25, -0.2) is 0 Å². The Labute approximate surface area is 126 Å². The Hall–Kier alpha value is -2.09. The van der Waals surface area contributed by atoms with Crippen molar-refractivity contribution in [2.45, 2.75) is 26.2 Å². The fourth-order valence-electron chi connectivity index (χ4n) is 3.12. The monoisotopic (exact) mass is 279 g/mol. The van der Waals surface area contributed by atoms with E-state index in [1.54, 1.807) is 0 Å². The first kappa shape index (κ1) is 13.9. The molecule has 1 aliphatic rings. The Balaban J connectivity index is 1.86. The maximum atomic E-state index is 12.2. The van der Waals surface area contributed by atoms with Crippen LogP contribution in [-0.2, 0) is 11.2 Å². The van der Waals surface area contributed by atoms with Gasteiger partial charge in [-0.3, -0.25) is 4.79 Å². The molecule has 0 radical (unpaired) electrons. The van der Waals surface area contributed by atoms with Crippen molar-refractivity contribution in [1.82, 2.24) is 5.32 Å².